The number of hydrogen-bond acceptors (Lipinski definition) is 2. The first-order valence-corrected chi connectivity index (χ1v) is 3.74. The van der Waals surface area contributed by atoms with E-state index in [0.717, 1.165) is 12.1 Å². The Balaban J connectivity index is 3.49. The van der Waals surface area contributed by atoms with Crippen molar-refractivity contribution in [1.29, 1.82) is 0 Å². The molecule has 0 aromatic heterocycles. The molecule has 1 aromatic carbocycles. The average molecular weight is 224 g/mol. The van der Waals surface area contributed by atoms with Crippen molar-refractivity contribution in [1.82, 2.24) is 0 Å². The molecule has 2 nitrogen and oxygen atoms in total. The Bertz CT molecular complexity index is 402. The summed E-state index contributed by atoms with van der Waals surface area (Å²) in [6.45, 7) is 0. The fourth-order valence-electron chi connectivity index (χ4n) is 0.691. The molecule has 0 spiro atoms. The summed E-state index contributed by atoms with van der Waals surface area (Å²) in [5, 5.41) is -1.23. The molecule has 6 heteroatoms. The highest BCUT2D eigenvalue weighted by Crippen LogP contribution is 2.33. The Labute approximate surface area is 81.8 Å². The van der Waals surface area contributed by atoms with E-state index in [1.54, 1.807) is 0 Å². The maximum Gasteiger partial charge on any atom is 0.240 e. The van der Waals surface area contributed by atoms with Gasteiger partial charge in [0, 0.05) is 6.07 Å². The second kappa shape index (κ2) is 3.83. The first-order valence-electron chi connectivity index (χ1n) is 2.98. The van der Waals surface area contributed by atoms with Crippen molar-refractivity contribution >= 4 is 35.0 Å². The second-order valence-corrected chi connectivity index (χ2v) is 2.78. The van der Waals surface area contributed by atoms with E-state index in [4.69, 9.17) is 23.2 Å². The molecule has 0 aliphatic rings. The predicted molar refractivity (Wildman–Crippen MR) is 44.2 cm³/mol. The van der Waals surface area contributed by atoms with Gasteiger partial charge in [-0.3, -0.25) is 0 Å². The quantitative estimate of drug-likeness (QED) is 0.311. The van der Waals surface area contributed by atoms with Gasteiger partial charge in [0.2, 0.25) is 6.08 Å². The summed E-state index contributed by atoms with van der Waals surface area (Å²) in [4.78, 5) is 12.8. The third-order valence-electron chi connectivity index (χ3n) is 1.25. The lowest BCUT2D eigenvalue weighted by molar-refractivity contribution is 0.565. The number of aliphatic imine (C=N–C) groups is 1. The maximum absolute atomic E-state index is 12.9. The molecule has 0 heterocycles. The lowest BCUT2D eigenvalue weighted by Gasteiger charge is -2.00. The number of halogens is 4. The molecule has 0 aliphatic heterocycles. The molecule has 68 valence electrons. The maximum atomic E-state index is 12.9. The summed E-state index contributed by atoms with van der Waals surface area (Å²) in [5.41, 5.74) is -0.337. The molecule has 0 atom stereocenters. The van der Waals surface area contributed by atoms with E-state index >= 15 is 0 Å². The summed E-state index contributed by atoms with van der Waals surface area (Å²) in [6, 6.07) is 0.749. The van der Waals surface area contributed by atoms with Gasteiger partial charge in [0.05, 0.1) is 0 Å². The number of benzene rings is 1. The Morgan fingerprint density at radius 1 is 1.31 bits per heavy atom. The smallest absolute Gasteiger partial charge is 0.211 e. The van der Waals surface area contributed by atoms with E-state index in [1.807, 2.05) is 0 Å². The van der Waals surface area contributed by atoms with Gasteiger partial charge in [0.25, 0.3) is 0 Å². The molecule has 0 aliphatic carbocycles. The fourth-order valence-corrected chi connectivity index (χ4v) is 1.08. The summed E-state index contributed by atoms with van der Waals surface area (Å²) >= 11 is 10.5. The molecule has 0 saturated carbocycles. The van der Waals surface area contributed by atoms with Gasteiger partial charge in [0.15, 0.2) is 5.82 Å². The van der Waals surface area contributed by atoms with E-state index in [1.165, 1.54) is 0 Å². The van der Waals surface area contributed by atoms with Crippen LogP contribution < -0.4 is 0 Å². The number of rotatable bonds is 1. The minimum atomic E-state index is -1.14. The highest BCUT2D eigenvalue weighted by atomic mass is 35.5. The largest absolute Gasteiger partial charge is 0.240 e. The Morgan fingerprint density at radius 2 is 1.92 bits per heavy atom. The fraction of sp³-hybridized carbons (Fsp3) is 0. The predicted octanol–water partition coefficient (Wildman–Crippen LogP) is 3.24. The van der Waals surface area contributed by atoms with Crippen LogP contribution in [0.4, 0.5) is 14.5 Å². The van der Waals surface area contributed by atoms with Crippen molar-refractivity contribution in [2.45, 2.75) is 0 Å². The van der Waals surface area contributed by atoms with Crippen LogP contribution >= 0.6 is 23.2 Å². The Hall–Kier alpha value is -0.960. The molecule has 0 radical (unpaired) electrons. The zero-order valence-electron chi connectivity index (χ0n) is 5.94. The Kier molecular flexibility index (Phi) is 2.98. The van der Waals surface area contributed by atoms with Crippen LogP contribution in [0.1, 0.15) is 0 Å². The lowest BCUT2D eigenvalue weighted by Crippen LogP contribution is -1.85. The summed E-state index contributed by atoms with van der Waals surface area (Å²) in [5.74, 6) is -2.17. The molecule has 0 bridgehead atoms. The van der Waals surface area contributed by atoms with Gasteiger partial charge in [-0.1, -0.05) is 23.2 Å². The number of nitrogens with zero attached hydrogens (tertiary/aromatic N) is 1. The first kappa shape index (κ1) is 10.1. The third-order valence-corrected chi connectivity index (χ3v) is 1.96. The second-order valence-electron chi connectivity index (χ2n) is 2.02. The van der Waals surface area contributed by atoms with Gasteiger partial charge < -0.3 is 0 Å². The number of hydrogen-bond donors (Lipinski definition) is 0. The highest BCUT2D eigenvalue weighted by Gasteiger charge is 2.15. The van der Waals surface area contributed by atoms with Crippen LogP contribution in [-0.4, -0.2) is 6.08 Å². The van der Waals surface area contributed by atoms with Crippen molar-refractivity contribution in [3.8, 4) is 0 Å². The van der Waals surface area contributed by atoms with Gasteiger partial charge in [-0.05, 0) is 0 Å². The van der Waals surface area contributed by atoms with Crippen molar-refractivity contribution in [2.24, 2.45) is 4.99 Å². The first-order chi connectivity index (χ1) is 6.07. The average Bonchev–Trinajstić information content (AvgIpc) is 2.11. The van der Waals surface area contributed by atoms with Crippen LogP contribution in [0.25, 0.3) is 0 Å². The van der Waals surface area contributed by atoms with Crippen LogP contribution in [0.2, 0.25) is 10.0 Å². The molecule has 1 aromatic rings. The molecule has 13 heavy (non-hydrogen) atoms. The van der Waals surface area contributed by atoms with Crippen molar-refractivity contribution < 1.29 is 13.6 Å². The van der Waals surface area contributed by atoms with Gasteiger partial charge in [-0.2, -0.15) is 4.99 Å². The molecular weight excluding hydrogens is 223 g/mol. The summed E-state index contributed by atoms with van der Waals surface area (Å²) in [6.07, 6.45) is 1.11. The van der Waals surface area contributed by atoms with Gasteiger partial charge in [-0.25, -0.2) is 13.6 Å². The van der Waals surface area contributed by atoms with E-state index in [9.17, 15) is 13.6 Å². The van der Waals surface area contributed by atoms with Gasteiger partial charge in [0.1, 0.15) is 21.5 Å². The molecule has 1 rings (SSSR count). The van der Waals surface area contributed by atoms with Gasteiger partial charge >= 0.3 is 0 Å². The monoisotopic (exact) mass is 223 g/mol. The zero-order chi connectivity index (χ0) is 10.0. The lowest BCUT2D eigenvalue weighted by atomic mass is 10.3. The van der Waals surface area contributed by atoms with E-state index in [-0.39, 0.29) is 5.69 Å². The number of carbonyl (C=O) groups excluding carboxylic acids is 1. The van der Waals surface area contributed by atoms with Gasteiger partial charge in [-0.15, -0.1) is 0 Å². The van der Waals surface area contributed by atoms with Crippen molar-refractivity contribution in [2.75, 3.05) is 0 Å². The molecule has 0 amide bonds. The van der Waals surface area contributed by atoms with E-state index in [0.29, 0.717) is 0 Å². The van der Waals surface area contributed by atoms with Crippen molar-refractivity contribution in [3.05, 3.63) is 27.7 Å². The minimum absolute atomic E-state index is 0.337. The third kappa shape index (κ3) is 1.86. The van der Waals surface area contributed by atoms with Crippen LogP contribution in [0.3, 0.4) is 0 Å². The van der Waals surface area contributed by atoms with E-state index < -0.39 is 21.7 Å². The molecule has 0 unspecified atom stereocenters. The SMILES string of the molecule is O=C=Nc1cc(F)c(Cl)c(F)c1Cl. The molecule has 0 saturated heterocycles. The number of isocyanates is 1. The molecule has 0 fully saturated rings. The minimum Gasteiger partial charge on any atom is -0.211 e. The van der Waals surface area contributed by atoms with Crippen LogP contribution in [0.15, 0.2) is 11.1 Å². The zero-order valence-corrected chi connectivity index (χ0v) is 7.46. The van der Waals surface area contributed by atoms with Crippen LogP contribution in [0, 0.1) is 11.6 Å². The molecule has 0 N–H and O–H groups in total. The van der Waals surface area contributed by atoms with Crippen LogP contribution in [0.5, 0.6) is 0 Å². The summed E-state index contributed by atoms with van der Waals surface area (Å²) in [7, 11) is 0. The van der Waals surface area contributed by atoms with Crippen molar-refractivity contribution in [3.63, 3.8) is 0 Å². The normalized spacial score (nSPS) is 9.54. The van der Waals surface area contributed by atoms with Crippen LogP contribution in [-0.2, 0) is 4.79 Å². The van der Waals surface area contributed by atoms with E-state index in [2.05, 4.69) is 4.99 Å². The molecular formula is C7HCl2F2NO. The highest BCUT2D eigenvalue weighted by molar-refractivity contribution is 6.36. The topological polar surface area (TPSA) is 29.4 Å². The Morgan fingerprint density at radius 3 is 2.46 bits per heavy atom. The standard InChI is InChI=1S/C7HCl2F2NO/c8-5-3(10)1-4(12-2-13)6(9)7(5)11/h1H. The summed E-state index contributed by atoms with van der Waals surface area (Å²) < 4.78 is 25.6.